The smallest absolute Gasteiger partial charge is 0.348 e. The summed E-state index contributed by atoms with van der Waals surface area (Å²) >= 11 is 4.86. The number of rotatable bonds is 4. The zero-order valence-electron chi connectivity index (χ0n) is 15.8. The Bertz CT molecular complexity index is 1140. The first-order valence-electron chi connectivity index (χ1n) is 9.18. The van der Waals surface area contributed by atoms with Crippen molar-refractivity contribution in [2.45, 2.75) is 19.8 Å². The first kappa shape index (κ1) is 18.5. The fraction of sp³-hybridized carbons (Fsp3) is 0.300. The van der Waals surface area contributed by atoms with Gasteiger partial charge in [0.05, 0.1) is 17.9 Å². The van der Waals surface area contributed by atoms with Gasteiger partial charge in [-0.25, -0.2) is 4.79 Å². The molecule has 3 aromatic rings. The topological polar surface area (TPSA) is 71.8 Å². The van der Waals surface area contributed by atoms with Gasteiger partial charge in [-0.3, -0.25) is 4.68 Å². The highest BCUT2D eigenvalue weighted by Gasteiger charge is 2.33. The van der Waals surface area contributed by atoms with Crippen LogP contribution in [-0.4, -0.2) is 29.1 Å². The minimum Gasteiger partial charge on any atom is -0.462 e. The van der Waals surface area contributed by atoms with Gasteiger partial charge in [-0.1, -0.05) is 11.3 Å². The van der Waals surface area contributed by atoms with Crippen LogP contribution in [-0.2, 0) is 24.6 Å². The maximum atomic E-state index is 12.6. The van der Waals surface area contributed by atoms with Crippen molar-refractivity contribution in [3.05, 3.63) is 38.8 Å². The Labute approximate surface area is 179 Å². The molecule has 0 saturated carbocycles. The molecule has 0 fully saturated rings. The predicted octanol–water partition coefficient (Wildman–Crippen LogP) is 4.71. The van der Waals surface area contributed by atoms with Gasteiger partial charge in [-0.2, -0.15) is 5.10 Å². The molecule has 0 spiro atoms. The van der Waals surface area contributed by atoms with Crippen LogP contribution in [0.1, 0.15) is 27.7 Å². The van der Waals surface area contributed by atoms with Gasteiger partial charge in [0.15, 0.2) is 16.6 Å². The van der Waals surface area contributed by atoms with E-state index in [9.17, 15) is 4.79 Å². The van der Waals surface area contributed by atoms with Crippen LogP contribution in [0, 0.1) is 0 Å². The third kappa shape index (κ3) is 3.00. The number of esters is 1. The van der Waals surface area contributed by atoms with Crippen molar-refractivity contribution in [1.29, 1.82) is 0 Å². The molecule has 7 nitrogen and oxygen atoms in total. The molecule has 150 valence electrons. The zero-order valence-corrected chi connectivity index (χ0v) is 18.2. The van der Waals surface area contributed by atoms with E-state index in [1.807, 2.05) is 23.9 Å². The first-order valence-corrected chi connectivity index (χ1v) is 10.8. The molecule has 3 heterocycles. The average Bonchev–Trinajstić information content (AvgIpc) is 3.38. The first-order chi connectivity index (χ1) is 14.1. The molecule has 1 aliphatic heterocycles. The lowest BCUT2D eigenvalue weighted by Crippen LogP contribution is -2.10. The minimum atomic E-state index is -0.320. The summed E-state index contributed by atoms with van der Waals surface area (Å²) < 4.78 is 25.0. The number of aryl methyl sites for hydroxylation is 1. The van der Waals surface area contributed by atoms with Crippen molar-refractivity contribution in [2.24, 2.45) is 7.05 Å². The summed E-state index contributed by atoms with van der Waals surface area (Å²) in [5, 5.41) is 5.14. The maximum Gasteiger partial charge on any atom is 0.348 e. The van der Waals surface area contributed by atoms with E-state index in [2.05, 4.69) is 21.0 Å². The Balaban J connectivity index is 1.63. The molecule has 2 aromatic heterocycles. The van der Waals surface area contributed by atoms with Crippen LogP contribution in [0.4, 0.5) is 0 Å². The van der Waals surface area contributed by atoms with Crippen molar-refractivity contribution < 1.29 is 23.7 Å². The van der Waals surface area contributed by atoms with E-state index in [1.54, 1.807) is 13.0 Å². The van der Waals surface area contributed by atoms with Gasteiger partial charge < -0.3 is 18.9 Å². The highest BCUT2D eigenvalue weighted by molar-refractivity contribution is 9.10. The summed E-state index contributed by atoms with van der Waals surface area (Å²) in [5.41, 5.74) is 3.93. The van der Waals surface area contributed by atoms with E-state index < -0.39 is 0 Å². The SMILES string of the molecule is CCOC(=O)c1sc(Oc2ccc3c(c2)OCO3)c2c1CCc1c(Br)nn(C)c1-2. The number of thiophene rings is 1. The van der Waals surface area contributed by atoms with Crippen LogP contribution in [0.3, 0.4) is 0 Å². The van der Waals surface area contributed by atoms with Crippen LogP contribution in [0.25, 0.3) is 11.3 Å². The van der Waals surface area contributed by atoms with E-state index >= 15 is 0 Å². The van der Waals surface area contributed by atoms with Crippen molar-refractivity contribution in [1.82, 2.24) is 9.78 Å². The van der Waals surface area contributed by atoms with Gasteiger partial charge in [-0.05, 0) is 53.4 Å². The third-order valence-electron chi connectivity index (χ3n) is 4.95. The summed E-state index contributed by atoms with van der Waals surface area (Å²) in [6.07, 6.45) is 1.52. The molecule has 0 N–H and O–H groups in total. The molecule has 0 amide bonds. The maximum absolute atomic E-state index is 12.6. The molecule has 0 saturated heterocycles. The lowest BCUT2D eigenvalue weighted by Gasteiger charge is -2.16. The normalized spacial score (nSPS) is 13.8. The van der Waals surface area contributed by atoms with Crippen LogP contribution >= 0.6 is 27.3 Å². The van der Waals surface area contributed by atoms with Crippen molar-refractivity contribution >= 4 is 33.2 Å². The summed E-state index contributed by atoms with van der Waals surface area (Å²) in [7, 11) is 1.89. The quantitative estimate of drug-likeness (QED) is 0.507. The average molecular weight is 477 g/mol. The summed E-state index contributed by atoms with van der Waals surface area (Å²) in [4.78, 5) is 13.2. The fourth-order valence-corrected chi connectivity index (χ4v) is 5.46. The molecular weight excluding hydrogens is 460 g/mol. The predicted molar refractivity (Wildman–Crippen MR) is 110 cm³/mol. The van der Waals surface area contributed by atoms with E-state index in [4.69, 9.17) is 18.9 Å². The number of aromatic nitrogens is 2. The molecule has 5 rings (SSSR count). The van der Waals surface area contributed by atoms with Crippen molar-refractivity contribution in [3.63, 3.8) is 0 Å². The molecule has 9 heteroatoms. The molecule has 2 aliphatic rings. The van der Waals surface area contributed by atoms with Crippen molar-refractivity contribution in [3.8, 4) is 33.6 Å². The number of hydrogen-bond acceptors (Lipinski definition) is 7. The largest absolute Gasteiger partial charge is 0.462 e. The number of nitrogens with zero attached hydrogens (tertiary/aromatic N) is 2. The Kier molecular flexibility index (Phi) is 4.51. The van der Waals surface area contributed by atoms with Gasteiger partial charge in [0.25, 0.3) is 0 Å². The van der Waals surface area contributed by atoms with Gasteiger partial charge >= 0.3 is 5.97 Å². The molecule has 0 atom stereocenters. The number of ether oxygens (including phenoxy) is 4. The molecule has 1 aliphatic carbocycles. The second-order valence-corrected chi connectivity index (χ2v) is 8.39. The van der Waals surface area contributed by atoms with Gasteiger partial charge in [0.1, 0.15) is 15.2 Å². The van der Waals surface area contributed by atoms with E-state index in [1.165, 1.54) is 11.3 Å². The fourth-order valence-electron chi connectivity index (χ4n) is 3.72. The number of carbonyl (C=O) groups is 1. The van der Waals surface area contributed by atoms with Gasteiger partial charge in [-0.15, -0.1) is 0 Å². The van der Waals surface area contributed by atoms with Crippen LogP contribution < -0.4 is 14.2 Å². The van der Waals surface area contributed by atoms with E-state index in [-0.39, 0.29) is 12.8 Å². The Morgan fingerprint density at radius 1 is 1.28 bits per heavy atom. The highest BCUT2D eigenvalue weighted by Crippen LogP contribution is 2.50. The number of fused-ring (bicyclic) bond motifs is 4. The van der Waals surface area contributed by atoms with Gasteiger partial charge in [0.2, 0.25) is 6.79 Å². The number of carbonyl (C=O) groups excluding carboxylic acids is 1. The Morgan fingerprint density at radius 3 is 2.90 bits per heavy atom. The van der Waals surface area contributed by atoms with E-state index in [0.29, 0.717) is 33.8 Å². The van der Waals surface area contributed by atoms with Gasteiger partial charge in [0, 0.05) is 18.7 Å². The monoisotopic (exact) mass is 476 g/mol. The Hall–Kier alpha value is -2.52. The summed E-state index contributed by atoms with van der Waals surface area (Å²) in [6, 6.07) is 5.43. The van der Waals surface area contributed by atoms with Crippen LogP contribution in [0.2, 0.25) is 0 Å². The number of halogens is 1. The summed E-state index contributed by atoms with van der Waals surface area (Å²) in [6.45, 7) is 2.33. The zero-order chi connectivity index (χ0) is 20.1. The minimum absolute atomic E-state index is 0.201. The van der Waals surface area contributed by atoms with Crippen molar-refractivity contribution in [2.75, 3.05) is 13.4 Å². The molecule has 0 radical (unpaired) electrons. The molecule has 0 unspecified atom stereocenters. The standard InChI is InChI=1S/C20H17BrN2O5S/c1-3-25-19(24)17-11-5-6-12-16(23(2)22-18(12)21)15(11)20(29-17)28-10-4-7-13-14(8-10)27-9-26-13/h4,7-8H,3,5-6,9H2,1-2H3. The molecule has 0 bridgehead atoms. The van der Waals surface area contributed by atoms with E-state index in [0.717, 1.165) is 39.8 Å². The molecular formula is C20H17BrN2O5S. The molecule has 29 heavy (non-hydrogen) atoms. The summed E-state index contributed by atoms with van der Waals surface area (Å²) in [5.74, 6) is 1.62. The Morgan fingerprint density at radius 2 is 2.07 bits per heavy atom. The number of benzene rings is 1. The second kappa shape index (κ2) is 7.07. The highest BCUT2D eigenvalue weighted by atomic mass is 79.9. The second-order valence-electron chi connectivity index (χ2n) is 6.65. The lowest BCUT2D eigenvalue weighted by molar-refractivity contribution is 0.0531. The van der Waals surface area contributed by atoms with Crippen LogP contribution in [0.15, 0.2) is 22.8 Å². The number of hydrogen-bond donors (Lipinski definition) is 0. The third-order valence-corrected chi connectivity index (χ3v) is 6.68. The molecule has 1 aromatic carbocycles. The van der Waals surface area contributed by atoms with Crippen LogP contribution in [0.5, 0.6) is 22.3 Å². The lowest BCUT2D eigenvalue weighted by atomic mass is 9.91.